The second-order valence-electron chi connectivity index (χ2n) is 4.20. The van der Waals surface area contributed by atoms with Crippen molar-refractivity contribution in [2.24, 2.45) is 0 Å². The number of pyridine rings is 1. The van der Waals surface area contributed by atoms with Crippen molar-refractivity contribution in [1.29, 1.82) is 0 Å². The third-order valence-corrected chi connectivity index (χ3v) is 3.06. The van der Waals surface area contributed by atoms with Crippen LogP contribution in [0.5, 0.6) is 5.75 Å². The first kappa shape index (κ1) is 15.1. The Morgan fingerprint density at radius 1 is 1.43 bits per heavy atom. The van der Waals surface area contributed by atoms with Crippen LogP contribution < -0.4 is 10.1 Å². The molecule has 0 saturated carbocycles. The fraction of sp³-hybridized carbons (Fsp3) is 0.214. The van der Waals surface area contributed by atoms with E-state index in [4.69, 9.17) is 16.3 Å². The molecule has 0 atom stereocenters. The molecule has 1 N–H and O–H groups in total. The number of benzene rings is 1. The number of halogens is 1. The summed E-state index contributed by atoms with van der Waals surface area (Å²) in [4.78, 5) is 14.5. The van der Waals surface area contributed by atoms with Gasteiger partial charge in [-0.1, -0.05) is 17.7 Å². The number of nitro groups is 1. The molecule has 6 nitrogen and oxygen atoms in total. The number of hydrogen-bond donors (Lipinski definition) is 1. The Morgan fingerprint density at radius 3 is 2.95 bits per heavy atom. The molecule has 110 valence electrons. The molecule has 0 aliphatic rings. The topological polar surface area (TPSA) is 77.3 Å². The van der Waals surface area contributed by atoms with Crippen molar-refractivity contribution >= 4 is 23.1 Å². The SMILES string of the molecule is CCNc1ncccc1COc1cc([N+](=O)[O-])ccc1Cl. The van der Waals surface area contributed by atoms with Gasteiger partial charge in [-0.3, -0.25) is 10.1 Å². The lowest BCUT2D eigenvalue weighted by Gasteiger charge is -2.11. The maximum Gasteiger partial charge on any atom is 0.273 e. The quantitative estimate of drug-likeness (QED) is 0.651. The predicted molar refractivity (Wildman–Crippen MR) is 80.8 cm³/mol. The van der Waals surface area contributed by atoms with E-state index in [1.807, 2.05) is 13.0 Å². The second kappa shape index (κ2) is 6.90. The van der Waals surface area contributed by atoms with Crippen molar-refractivity contribution in [3.05, 3.63) is 57.2 Å². The monoisotopic (exact) mass is 307 g/mol. The van der Waals surface area contributed by atoms with Gasteiger partial charge in [0.1, 0.15) is 18.2 Å². The molecule has 1 aromatic heterocycles. The number of nitro benzene ring substituents is 1. The van der Waals surface area contributed by atoms with Crippen LogP contribution >= 0.6 is 11.6 Å². The number of aromatic nitrogens is 1. The fourth-order valence-electron chi connectivity index (χ4n) is 1.75. The molecule has 21 heavy (non-hydrogen) atoms. The molecule has 2 aromatic rings. The smallest absolute Gasteiger partial charge is 0.273 e. The minimum atomic E-state index is -0.489. The van der Waals surface area contributed by atoms with Gasteiger partial charge in [-0.2, -0.15) is 0 Å². The molecule has 1 heterocycles. The average Bonchev–Trinajstić information content (AvgIpc) is 2.48. The molecule has 2 rings (SSSR count). The maximum atomic E-state index is 10.8. The molecule has 0 aliphatic heterocycles. The first-order valence-electron chi connectivity index (χ1n) is 6.36. The van der Waals surface area contributed by atoms with E-state index < -0.39 is 4.92 Å². The standard InChI is InChI=1S/C14H14ClN3O3/c1-2-16-14-10(4-3-7-17-14)9-21-13-8-11(18(19)20)5-6-12(13)15/h3-8H,2,9H2,1H3,(H,16,17). The zero-order valence-electron chi connectivity index (χ0n) is 11.4. The van der Waals surface area contributed by atoms with Gasteiger partial charge in [-0.15, -0.1) is 0 Å². The minimum Gasteiger partial charge on any atom is -0.487 e. The first-order chi connectivity index (χ1) is 10.1. The number of hydrogen-bond acceptors (Lipinski definition) is 5. The van der Waals surface area contributed by atoms with Gasteiger partial charge in [0.15, 0.2) is 0 Å². The molecule has 0 amide bonds. The van der Waals surface area contributed by atoms with Crippen molar-refractivity contribution < 1.29 is 9.66 Å². The summed E-state index contributed by atoms with van der Waals surface area (Å²) < 4.78 is 5.58. The van der Waals surface area contributed by atoms with Crippen molar-refractivity contribution in [2.75, 3.05) is 11.9 Å². The lowest BCUT2D eigenvalue weighted by molar-refractivity contribution is -0.384. The third kappa shape index (κ3) is 3.82. The third-order valence-electron chi connectivity index (χ3n) is 2.74. The molecule has 0 spiro atoms. The van der Waals surface area contributed by atoms with Gasteiger partial charge in [-0.05, 0) is 19.1 Å². The summed E-state index contributed by atoms with van der Waals surface area (Å²) in [5.74, 6) is 0.999. The second-order valence-corrected chi connectivity index (χ2v) is 4.61. The van der Waals surface area contributed by atoms with Gasteiger partial charge in [0.05, 0.1) is 16.0 Å². The van der Waals surface area contributed by atoms with E-state index in [-0.39, 0.29) is 18.0 Å². The molecule has 7 heteroatoms. The largest absolute Gasteiger partial charge is 0.487 e. The Bertz CT molecular complexity index is 649. The number of rotatable bonds is 6. The summed E-state index contributed by atoms with van der Waals surface area (Å²) >= 11 is 5.99. The highest BCUT2D eigenvalue weighted by Gasteiger charge is 2.11. The van der Waals surface area contributed by atoms with Gasteiger partial charge in [0, 0.05) is 24.4 Å². The van der Waals surface area contributed by atoms with E-state index in [0.717, 1.165) is 17.9 Å². The van der Waals surface area contributed by atoms with Gasteiger partial charge >= 0.3 is 0 Å². The van der Waals surface area contributed by atoms with Crippen molar-refractivity contribution in [2.45, 2.75) is 13.5 Å². The lowest BCUT2D eigenvalue weighted by atomic mass is 10.2. The Morgan fingerprint density at radius 2 is 2.24 bits per heavy atom. The molecule has 0 bridgehead atoms. The highest BCUT2D eigenvalue weighted by molar-refractivity contribution is 6.32. The van der Waals surface area contributed by atoms with Crippen molar-refractivity contribution in [1.82, 2.24) is 4.98 Å². The van der Waals surface area contributed by atoms with Crippen LogP contribution in [0.3, 0.4) is 0 Å². The average molecular weight is 308 g/mol. The van der Waals surface area contributed by atoms with Crippen LogP contribution in [-0.4, -0.2) is 16.5 Å². The van der Waals surface area contributed by atoms with E-state index in [1.165, 1.54) is 18.2 Å². The molecular formula is C14H14ClN3O3. The number of nitrogens with one attached hydrogen (secondary N) is 1. The molecule has 0 aliphatic carbocycles. The Kier molecular flexibility index (Phi) is 4.94. The van der Waals surface area contributed by atoms with Crippen molar-refractivity contribution in [3.8, 4) is 5.75 Å². The van der Waals surface area contributed by atoms with Crippen LogP contribution in [0.1, 0.15) is 12.5 Å². The summed E-state index contributed by atoms with van der Waals surface area (Å²) in [5, 5.41) is 14.2. The van der Waals surface area contributed by atoms with Gasteiger partial charge in [-0.25, -0.2) is 4.98 Å². The van der Waals surface area contributed by atoms with E-state index in [1.54, 1.807) is 12.3 Å². The first-order valence-corrected chi connectivity index (χ1v) is 6.74. The fourth-order valence-corrected chi connectivity index (χ4v) is 1.93. The van der Waals surface area contributed by atoms with Gasteiger partial charge in [0.2, 0.25) is 0 Å². The highest BCUT2D eigenvalue weighted by Crippen LogP contribution is 2.29. The van der Waals surface area contributed by atoms with Crippen molar-refractivity contribution in [3.63, 3.8) is 0 Å². The normalized spacial score (nSPS) is 10.2. The van der Waals surface area contributed by atoms with E-state index in [0.29, 0.717) is 5.02 Å². The van der Waals surface area contributed by atoms with Crippen LogP contribution in [0.15, 0.2) is 36.5 Å². The van der Waals surface area contributed by atoms with Crippen LogP contribution in [0.2, 0.25) is 5.02 Å². The lowest BCUT2D eigenvalue weighted by Crippen LogP contribution is -2.05. The number of anilines is 1. The van der Waals surface area contributed by atoms with Crippen LogP contribution in [0, 0.1) is 10.1 Å². The predicted octanol–water partition coefficient (Wildman–Crippen LogP) is 3.65. The van der Waals surface area contributed by atoms with Gasteiger partial charge < -0.3 is 10.1 Å². The van der Waals surface area contributed by atoms with E-state index in [2.05, 4.69) is 10.3 Å². The molecule has 1 aromatic carbocycles. The van der Waals surface area contributed by atoms with Crippen LogP contribution in [0.25, 0.3) is 0 Å². The maximum absolute atomic E-state index is 10.8. The highest BCUT2D eigenvalue weighted by atomic mass is 35.5. The molecule has 0 radical (unpaired) electrons. The summed E-state index contributed by atoms with van der Waals surface area (Å²) in [6, 6.07) is 7.77. The summed E-state index contributed by atoms with van der Waals surface area (Å²) in [6.45, 7) is 2.93. The molecule has 0 unspecified atom stereocenters. The Labute approximate surface area is 126 Å². The summed E-state index contributed by atoms with van der Waals surface area (Å²) in [6.07, 6.45) is 1.68. The van der Waals surface area contributed by atoms with Gasteiger partial charge in [0.25, 0.3) is 5.69 Å². The zero-order valence-corrected chi connectivity index (χ0v) is 12.1. The Balaban J connectivity index is 2.16. The van der Waals surface area contributed by atoms with E-state index >= 15 is 0 Å². The number of ether oxygens (including phenoxy) is 1. The number of nitrogens with zero attached hydrogens (tertiary/aromatic N) is 2. The van der Waals surface area contributed by atoms with E-state index in [9.17, 15) is 10.1 Å². The molecule has 0 fully saturated rings. The molecule has 0 saturated heterocycles. The zero-order chi connectivity index (χ0) is 15.2. The number of non-ortho nitro benzene ring substituents is 1. The minimum absolute atomic E-state index is 0.0625. The summed E-state index contributed by atoms with van der Waals surface area (Å²) in [7, 11) is 0. The Hall–Kier alpha value is -2.34. The van der Waals surface area contributed by atoms with Crippen LogP contribution in [0.4, 0.5) is 11.5 Å². The molecular weight excluding hydrogens is 294 g/mol. The summed E-state index contributed by atoms with van der Waals surface area (Å²) in [5.41, 5.74) is 0.786. The van der Waals surface area contributed by atoms with Crippen LogP contribution in [-0.2, 0) is 6.61 Å².